The number of rotatable bonds is 2. The average Bonchev–Trinajstić information content (AvgIpc) is 2.66. The van der Waals surface area contributed by atoms with Crippen molar-refractivity contribution in [1.29, 1.82) is 0 Å². The Kier molecular flexibility index (Phi) is 10.8. The smallest absolute Gasteiger partial charge is 0.0786 e. The molecule has 2 fully saturated rings. The lowest BCUT2D eigenvalue weighted by molar-refractivity contribution is -0.897. The molecule has 0 aromatic rings. The van der Waals surface area contributed by atoms with Gasteiger partial charge in [-0.05, 0) is 25.7 Å². The highest BCUT2D eigenvalue weighted by Gasteiger charge is 2.24. The van der Waals surface area contributed by atoms with Gasteiger partial charge in [-0.1, -0.05) is 6.92 Å². The summed E-state index contributed by atoms with van der Waals surface area (Å²) in [6, 6.07) is 0. The lowest BCUT2D eigenvalue weighted by Gasteiger charge is -2.33. The highest BCUT2D eigenvalue weighted by molar-refractivity contribution is 4.50. The second-order valence-electron chi connectivity index (χ2n) is 6.94. The van der Waals surface area contributed by atoms with E-state index in [4.69, 9.17) is 0 Å². The maximum absolute atomic E-state index is 2.39. The van der Waals surface area contributed by atoms with E-state index >= 15 is 0 Å². The molecule has 0 aromatic carbocycles. The van der Waals surface area contributed by atoms with Crippen LogP contribution in [0.25, 0.3) is 0 Å². The van der Waals surface area contributed by atoms with E-state index in [9.17, 15) is 0 Å². The molecule has 0 aliphatic carbocycles. The molecule has 118 valence electrons. The first kappa shape index (κ1) is 21.1. The third kappa shape index (κ3) is 8.58. The van der Waals surface area contributed by atoms with Crippen LogP contribution in [0.2, 0.25) is 0 Å². The molecular weight excluding hydrogens is 240 g/mol. The van der Waals surface area contributed by atoms with Gasteiger partial charge >= 0.3 is 0 Å². The largest absolute Gasteiger partial charge is 0.870 e. The fourth-order valence-electron chi connectivity index (χ4n) is 3.23. The molecule has 0 aromatic heterocycles. The minimum atomic E-state index is 0. The molecule has 4 nitrogen and oxygen atoms in total. The molecule has 0 radical (unpaired) electrons. The third-order valence-electron chi connectivity index (χ3n) is 4.44. The Bertz CT molecular complexity index is 206. The number of piperidine rings is 1. The normalized spacial score (nSPS) is 23.4. The zero-order chi connectivity index (χ0) is 12.8. The van der Waals surface area contributed by atoms with Crippen LogP contribution >= 0.6 is 0 Å². The molecule has 4 heteroatoms. The molecule has 2 rings (SSSR count). The zero-order valence-electron chi connectivity index (χ0n) is 13.6. The van der Waals surface area contributed by atoms with Crippen molar-refractivity contribution in [1.82, 2.24) is 0 Å². The number of likely N-dealkylation sites (tertiary alicyclic amines) is 2. The van der Waals surface area contributed by atoms with Gasteiger partial charge in [-0.15, -0.1) is 0 Å². The summed E-state index contributed by atoms with van der Waals surface area (Å²) in [6.45, 7) is 9.30. The van der Waals surface area contributed by atoms with Crippen LogP contribution in [0.4, 0.5) is 0 Å². The van der Waals surface area contributed by atoms with Crippen LogP contribution in [-0.4, -0.2) is 73.8 Å². The lowest BCUT2D eigenvalue weighted by atomic mass is 10.1. The van der Waals surface area contributed by atoms with Crippen molar-refractivity contribution in [3.63, 3.8) is 0 Å². The average molecular weight is 276 g/mol. The fourth-order valence-corrected chi connectivity index (χ4v) is 3.23. The third-order valence-corrected chi connectivity index (χ3v) is 4.44. The Labute approximate surface area is 120 Å². The molecule has 0 saturated carbocycles. The van der Waals surface area contributed by atoms with E-state index in [-0.39, 0.29) is 11.0 Å². The molecular formula is C15H36N2O2. The molecule has 0 atom stereocenters. The summed E-state index contributed by atoms with van der Waals surface area (Å²) in [6.07, 6.45) is 8.59. The molecule has 0 bridgehead atoms. The maximum Gasteiger partial charge on any atom is 0.0786 e. The lowest BCUT2D eigenvalue weighted by Crippen LogP contribution is -2.43. The first-order valence-electron chi connectivity index (χ1n) is 7.63. The van der Waals surface area contributed by atoms with E-state index in [0.717, 1.165) is 0 Å². The molecule has 0 amide bonds. The van der Waals surface area contributed by atoms with Gasteiger partial charge in [0.1, 0.15) is 0 Å². The van der Waals surface area contributed by atoms with Crippen LogP contribution in [0.3, 0.4) is 0 Å². The van der Waals surface area contributed by atoms with Gasteiger partial charge in [0.05, 0.1) is 53.9 Å². The summed E-state index contributed by atoms with van der Waals surface area (Å²) in [4.78, 5) is 0. The standard InChI is InChI=1S/C8H18N.C7H16N.2H2O/c1-3-6-9(2)7-4-5-8-9;1-8(2)6-4-3-5-7-8;;/h3-8H2,1-2H3;3-7H2,1-2H3;2*1H2/q2*+1;;/p-2. The second-order valence-corrected chi connectivity index (χ2v) is 6.94. The van der Waals surface area contributed by atoms with E-state index in [1.54, 1.807) is 0 Å². The summed E-state index contributed by atoms with van der Waals surface area (Å²) in [5.74, 6) is 0. The van der Waals surface area contributed by atoms with Crippen molar-refractivity contribution in [2.45, 2.75) is 45.4 Å². The molecule has 0 spiro atoms. The summed E-state index contributed by atoms with van der Waals surface area (Å²) in [7, 11) is 7.02. The van der Waals surface area contributed by atoms with Crippen molar-refractivity contribution in [3.05, 3.63) is 0 Å². The van der Waals surface area contributed by atoms with Crippen molar-refractivity contribution in [2.24, 2.45) is 0 Å². The van der Waals surface area contributed by atoms with Crippen molar-refractivity contribution >= 4 is 0 Å². The summed E-state index contributed by atoms with van der Waals surface area (Å²) in [5, 5.41) is 0. The number of hydrogen-bond donors (Lipinski definition) is 0. The quantitative estimate of drug-likeness (QED) is 0.728. The topological polar surface area (TPSA) is 60.0 Å². The highest BCUT2D eigenvalue weighted by atomic mass is 16.0. The van der Waals surface area contributed by atoms with E-state index in [1.807, 2.05) is 0 Å². The zero-order valence-corrected chi connectivity index (χ0v) is 13.6. The van der Waals surface area contributed by atoms with E-state index in [1.165, 1.54) is 80.2 Å². The van der Waals surface area contributed by atoms with Crippen molar-refractivity contribution in [3.8, 4) is 0 Å². The monoisotopic (exact) mass is 276 g/mol. The molecule has 2 heterocycles. The number of quaternary nitrogens is 2. The second kappa shape index (κ2) is 9.70. The van der Waals surface area contributed by atoms with Crippen LogP contribution in [-0.2, 0) is 0 Å². The maximum atomic E-state index is 2.39. The summed E-state index contributed by atoms with van der Waals surface area (Å²) >= 11 is 0. The Hall–Kier alpha value is -0.160. The van der Waals surface area contributed by atoms with Crippen LogP contribution in [0.5, 0.6) is 0 Å². The van der Waals surface area contributed by atoms with Crippen LogP contribution in [0, 0.1) is 0 Å². The van der Waals surface area contributed by atoms with Gasteiger partial charge in [0.25, 0.3) is 0 Å². The SMILES string of the molecule is CCC[N+]1(C)CCCC1.C[N+]1(C)CCCCC1.[OH-].[OH-]. The minimum absolute atomic E-state index is 0. The highest BCUT2D eigenvalue weighted by Crippen LogP contribution is 2.16. The van der Waals surface area contributed by atoms with E-state index in [0.29, 0.717) is 0 Å². The Morgan fingerprint density at radius 1 is 0.684 bits per heavy atom. The van der Waals surface area contributed by atoms with Gasteiger partial charge in [-0.25, -0.2) is 0 Å². The Balaban J connectivity index is 0. The van der Waals surface area contributed by atoms with E-state index in [2.05, 4.69) is 28.1 Å². The Morgan fingerprint density at radius 3 is 1.42 bits per heavy atom. The molecule has 2 aliphatic rings. The first-order valence-corrected chi connectivity index (χ1v) is 7.63. The predicted molar refractivity (Wildman–Crippen MR) is 79.9 cm³/mol. The van der Waals surface area contributed by atoms with Gasteiger partial charge in [-0.3, -0.25) is 0 Å². The van der Waals surface area contributed by atoms with Crippen molar-refractivity contribution < 1.29 is 19.9 Å². The van der Waals surface area contributed by atoms with Crippen molar-refractivity contribution in [2.75, 3.05) is 53.9 Å². The summed E-state index contributed by atoms with van der Waals surface area (Å²) < 4.78 is 2.59. The molecule has 0 unspecified atom stereocenters. The number of hydrogen-bond acceptors (Lipinski definition) is 2. The van der Waals surface area contributed by atoms with Crippen LogP contribution in [0.15, 0.2) is 0 Å². The predicted octanol–water partition coefficient (Wildman–Crippen LogP) is 2.53. The number of nitrogens with zero attached hydrogens (tertiary/aromatic N) is 2. The van der Waals surface area contributed by atoms with Crippen LogP contribution in [0.1, 0.15) is 45.4 Å². The van der Waals surface area contributed by atoms with Gasteiger partial charge in [0, 0.05) is 12.8 Å². The van der Waals surface area contributed by atoms with Gasteiger partial charge in [0.2, 0.25) is 0 Å². The fraction of sp³-hybridized carbons (Fsp3) is 1.00. The van der Waals surface area contributed by atoms with Crippen LogP contribution < -0.4 is 0 Å². The van der Waals surface area contributed by atoms with Gasteiger partial charge in [-0.2, -0.15) is 0 Å². The van der Waals surface area contributed by atoms with E-state index < -0.39 is 0 Å². The molecule has 2 saturated heterocycles. The molecule has 2 N–H and O–H groups in total. The summed E-state index contributed by atoms with van der Waals surface area (Å²) in [5.41, 5.74) is 0. The molecule has 2 aliphatic heterocycles. The minimum Gasteiger partial charge on any atom is -0.870 e. The molecule has 19 heavy (non-hydrogen) atoms. The Morgan fingerprint density at radius 2 is 1.11 bits per heavy atom. The van der Waals surface area contributed by atoms with Gasteiger partial charge < -0.3 is 19.9 Å². The first-order chi connectivity index (χ1) is 7.97. The van der Waals surface area contributed by atoms with Gasteiger partial charge in [0.15, 0.2) is 0 Å².